The van der Waals surface area contributed by atoms with Gasteiger partial charge in [-0.25, -0.2) is 19.6 Å². The number of anilines is 1. The van der Waals surface area contributed by atoms with E-state index in [2.05, 4.69) is 45.6 Å². The van der Waals surface area contributed by atoms with Crippen molar-refractivity contribution < 1.29 is 14.3 Å². The summed E-state index contributed by atoms with van der Waals surface area (Å²) in [5, 5.41) is 0.575. The summed E-state index contributed by atoms with van der Waals surface area (Å²) in [7, 11) is 0. The lowest BCUT2D eigenvalue weighted by molar-refractivity contribution is -0.0409. The highest BCUT2D eigenvalue weighted by Gasteiger charge is 2.47. The monoisotopic (exact) mass is 752 g/mol. The maximum Gasteiger partial charge on any atom is 0.410 e. The van der Waals surface area contributed by atoms with E-state index in [4.69, 9.17) is 32.6 Å². The molecule has 0 bridgehead atoms. The van der Waals surface area contributed by atoms with Gasteiger partial charge in [0.15, 0.2) is 5.69 Å². The van der Waals surface area contributed by atoms with Gasteiger partial charge in [0.05, 0.1) is 12.3 Å². The van der Waals surface area contributed by atoms with Crippen LogP contribution in [-0.4, -0.2) is 77.3 Å². The number of hydrogen-bond acceptors (Lipinski definition) is 7. The standard InChI is InChI=1S/C44H57ClN6O3/c1-41(2,3)54-40(52)51-23-16-44(17-24-51)28-32(29-44)30-49-19-12-43(13-20-49)14-21-50(22-15-43)39-47-18-11-36(48-39)31-53-38-9-7-33(8-10-38)42(4,5)34-25-35(45)27-37(26-34)46-6/h7-11,18,25-27,32H,12-17,19-24,28-31H2,1-5H3. The van der Waals surface area contributed by atoms with Crippen LogP contribution >= 0.6 is 11.6 Å². The zero-order chi connectivity index (χ0) is 38.1. The molecule has 3 aliphatic heterocycles. The van der Waals surface area contributed by atoms with Crippen molar-refractivity contribution in [3.05, 3.63) is 88.0 Å². The first-order valence-corrected chi connectivity index (χ1v) is 20.3. The summed E-state index contributed by atoms with van der Waals surface area (Å²) in [5.74, 6) is 2.39. The van der Waals surface area contributed by atoms with Gasteiger partial charge in [-0.15, -0.1) is 0 Å². The first kappa shape index (κ1) is 38.4. The molecule has 1 aliphatic carbocycles. The van der Waals surface area contributed by atoms with Crippen molar-refractivity contribution >= 4 is 29.3 Å². The smallest absolute Gasteiger partial charge is 0.410 e. The molecule has 0 unspecified atom stereocenters. The Morgan fingerprint density at radius 3 is 2.17 bits per heavy atom. The molecule has 10 heteroatoms. The number of ether oxygens (including phenoxy) is 2. The average Bonchev–Trinajstić information content (AvgIpc) is 3.14. The minimum Gasteiger partial charge on any atom is -0.487 e. The van der Waals surface area contributed by atoms with E-state index in [0.717, 1.165) is 73.5 Å². The summed E-state index contributed by atoms with van der Waals surface area (Å²) < 4.78 is 11.8. The highest BCUT2D eigenvalue weighted by atomic mass is 35.5. The number of piperidine rings is 3. The molecule has 54 heavy (non-hydrogen) atoms. The number of likely N-dealkylation sites (tertiary alicyclic amines) is 2. The van der Waals surface area contributed by atoms with Crippen LogP contribution in [0.15, 0.2) is 54.7 Å². The largest absolute Gasteiger partial charge is 0.487 e. The molecule has 3 aromatic rings. The Kier molecular flexibility index (Phi) is 10.9. The van der Waals surface area contributed by atoms with Crippen LogP contribution in [0, 0.1) is 23.3 Å². The van der Waals surface area contributed by atoms with E-state index in [0.29, 0.717) is 28.1 Å². The number of halogens is 1. The zero-order valence-corrected chi connectivity index (χ0v) is 33.6. The Bertz CT molecular complexity index is 1820. The third-order valence-electron chi connectivity index (χ3n) is 12.9. The minimum absolute atomic E-state index is 0.152. The molecule has 288 valence electrons. The van der Waals surface area contributed by atoms with Crippen molar-refractivity contribution in [2.45, 2.75) is 104 Å². The maximum atomic E-state index is 12.5. The summed E-state index contributed by atoms with van der Waals surface area (Å²) in [6.07, 6.45) is 11.5. The van der Waals surface area contributed by atoms with Crippen molar-refractivity contribution in [2.24, 2.45) is 16.7 Å². The lowest BCUT2D eigenvalue weighted by Gasteiger charge is -2.54. The van der Waals surface area contributed by atoms with Crippen molar-refractivity contribution in [1.82, 2.24) is 19.8 Å². The van der Waals surface area contributed by atoms with Crippen LogP contribution in [0.25, 0.3) is 4.85 Å². The second-order valence-corrected chi connectivity index (χ2v) is 18.6. The number of nitrogens with zero attached hydrogens (tertiary/aromatic N) is 6. The van der Waals surface area contributed by atoms with Crippen molar-refractivity contribution in [3.8, 4) is 5.75 Å². The van der Waals surface area contributed by atoms with Gasteiger partial charge in [-0.3, -0.25) is 0 Å². The third kappa shape index (κ3) is 8.81. The molecule has 4 heterocycles. The van der Waals surface area contributed by atoms with Crippen LogP contribution in [0.1, 0.15) is 103 Å². The number of benzene rings is 2. The molecule has 3 saturated heterocycles. The molecule has 0 atom stereocenters. The fourth-order valence-electron chi connectivity index (χ4n) is 9.36. The molecule has 1 amide bonds. The fourth-order valence-corrected chi connectivity index (χ4v) is 9.59. The molecule has 7 rings (SSSR count). The van der Waals surface area contributed by atoms with Gasteiger partial charge in [0.1, 0.15) is 18.0 Å². The average molecular weight is 753 g/mol. The number of carbonyl (C=O) groups excluding carboxylic acids is 1. The van der Waals surface area contributed by atoms with E-state index in [1.54, 1.807) is 6.07 Å². The maximum absolute atomic E-state index is 12.5. The van der Waals surface area contributed by atoms with Crippen LogP contribution in [0.4, 0.5) is 16.4 Å². The molecule has 2 aromatic carbocycles. The summed E-state index contributed by atoms with van der Waals surface area (Å²) in [4.78, 5) is 32.7. The van der Waals surface area contributed by atoms with Crippen LogP contribution in [0.3, 0.4) is 0 Å². The molecule has 9 nitrogen and oxygen atoms in total. The lowest BCUT2D eigenvalue weighted by Crippen LogP contribution is -2.53. The Morgan fingerprint density at radius 2 is 1.52 bits per heavy atom. The van der Waals surface area contributed by atoms with E-state index in [1.165, 1.54) is 58.2 Å². The van der Waals surface area contributed by atoms with Gasteiger partial charge >= 0.3 is 6.09 Å². The summed E-state index contributed by atoms with van der Waals surface area (Å²) in [6, 6.07) is 15.6. The molecule has 0 radical (unpaired) electrons. The highest BCUT2D eigenvalue weighted by molar-refractivity contribution is 6.31. The van der Waals surface area contributed by atoms with Crippen molar-refractivity contribution in [2.75, 3.05) is 50.7 Å². The Morgan fingerprint density at radius 1 is 0.870 bits per heavy atom. The predicted octanol–water partition coefficient (Wildman–Crippen LogP) is 9.70. The topological polar surface area (TPSA) is 75.4 Å². The van der Waals surface area contributed by atoms with E-state index < -0.39 is 5.60 Å². The summed E-state index contributed by atoms with van der Waals surface area (Å²) in [6.45, 7) is 25.2. The van der Waals surface area contributed by atoms with E-state index in [-0.39, 0.29) is 11.5 Å². The number of aromatic nitrogens is 2. The zero-order valence-electron chi connectivity index (χ0n) is 32.9. The quantitative estimate of drug-likeness (QED) is 0.212. The fraction of sp³-hybridized carbons (Fsp3) is 0.591. The van der Waals surface area contributed by atoms with Gasteiger partial charge in [-0.05, 0) is 143 Å². The lowest BCUT2D eigenvalue weighted by atomic mass is 9.57. The van der Waals surface area contributed by atoms with Crippen LogP contribution < -0.4 is 9.64 Å². The van der Waals surface area contributed by atoms with Crippen molar-refractivity contribution in [3.63, 3.8) is 0 Å². The molecule has 2 spiro atoms. The molecule has 4 fully saturated rings. The summed E-state index contributed by atoms with van der Waals surface area (Å²) >= 11 is 6.32. The minimum atomic E-state index is -0.434. The van der Waals surface area contributed by atoms with Crippen molar-refractivity contribution in [1.29, 1.82) is 0 Å². The molecule has 0 N–H and O–H groups in total. The van der Waals surface area contributed by atoms with Gasteiger partial charge in [0, 0.05) is 49.4 Å². The van der Waals surface area contributed by atoms with Crippen LogP contribution in [0.2, 0.25) is 5.02 Å². The molecular formula is C44H57ClN6O3. The SMILES string of the molecule is [C-]#[N+]c1cc(Cl)cc(C(C)(C)c2ccc(OCc3ccnc(N4CCC5(CCN(CC6CC7(CCN(C(=O)OC(C)(C)C)CC7)C6)CC5)CC4)n3)cc2)c1. The van der Waals surface area contributed by atoms with Gasteiger partial charge in [0.25, 0.3) is 0 Å². The van der Waals surface area contributed by atoms with Crippen LogP contribution in [0.5, 0.6) is 5.75 Å². The van der Waals surface area contributed by atoms with E-state index in [1.807, 2.05) is 62.2 Å². The Hall–Kier alpha value is -3.87. The number of carbonyl (C=O) groups is 1. The van der Waals surface area contributed by atoms with Crippen LogP contribution in [-0.2, 0) is 16.8 Å². The van der Waals surface area contributed by atoms with Gasteiger partial charge in [-0.1, -0.05) is 43.6 Å². The second kappa shape index (κ2) is 15.3. The highest BCUT2D eigenvalue weighted by Crippen LogP contribution is 2.53. The number of amides is 1. The number of hydrogen-bond donors (Lipinski definition) is 0. The van der Waals surface area contributed by atoms with Gasteiger partial charge < -0.3 is 24.2 Å². The molecule has 1 saturated carbocycles. The summed E-state index contributed by atoms with van der Waals surface area (Å²) in [5.41, 5.74) is 3.68. The molecule has 1 aromatic heterocycles. The Labute approximate surface area is 327 Å². The van der Waals surface area contributed by atoms with Gasteiger partial charge in [-0.2, -0.15) is 0 Å². The number of rotatable bonds is 8. The van der Waals surface area contributed by atoms with Gasteiger partial charge in [0.2, 0.25) is 5.95 Å². The third-order valence-corrected chi connectivity index (χ3v) is 13.1. The Balaban J connectivity index is 0.834. The molecular weight excluding hydrogens is 696 g/mol. The van der Waals surface area contributed by atoms with E-state index in [9.17, 15) is 4.79 Å². The van der Waals surface area contributed by atoms with E-state index >= 15 is 0 Å². The molecule has 4 aliphatic rings. The first-order chi connectivity index (χ1) is 25.7. The second-order valence-electron chi connectivity index (χ2n) is 18.1. The normalized spacial score (nSPS) is 20.4. The first-order valence-electron chi connectivity index (χ1n) is 19.9. The predicted molar refractivity (Wildman–Crippen MR) is 214 cm³/mol.